The lowest BCUT2D eigenvalue weighted by Gasteiger charge is -2.13. The fourth-order valence-corrected chi connectivity index (χ4v) is 0.890. The van der Waals surface area contributed by atoms with Crippen LogP contribution in [0.25, 0.3) is 0 Å². The average Bonchev–Trinajstić information content (AvgIpc) is 2.40. The van der Waals surface area contributed by atoms with Crippen LogP contribution in [0.5, 0.6) is 0 Å². The van der Waals surface area contributed by atoms with Crippen molar-refractivity contribution in [1.29, 1.82) is 0 Å². The van der Waals surface area contributed by atoms with Gasteiger partial charge in [0, 0.05) is 6.04 Å². The fraction of sp³-hybridized carbons (Fsp3) is 1.00. The average molecular weight is 129 g/mol. The molecule has 9 heavy (non-hydrogen) atoms. The molecule has 0 heterocycles. The monoisotopic (exact) mass is 129 g/mol. The number of aliphatic hydroxyl groups is 1. The molecule has 1 atom stereocenters. The first-order valence-electron chi connectivity index (χ1n) is 3.64. The molecule has 54 valence electrons. The predicted molar refractivity (Wildman–Crippen MR) is 37.0 cm³/mol. The van der Waals surface area contributed by atoms with Crippen LogP contribution >= 0.6 is 0 Å². The van der Waals surface area contributed by atoms with Crippen molar-refractivity contribution >= 4 is 0 Å². The van der Waals surface area contributed by atoms with Crippen LogP contribution in [0, 0.1) is 5.92 Å². The number of hydrogen-bond donors (Lipinski definition) is 2. The van der Waals surface area contributed by atoms with Crippen molar-refractivity contribution in [1.82, 2.24) is 5.32 Å². The highest BCUT2D eigenvalue weighted by atomic mass is 16.3. The molecule has 2 nitrogen and oxygen atoms in total. The Hall–Kier alpha value is -0.0800. The summed E-state index contributed by atoms with van der Waals surface area (Å²) in [5.41, 5.74) is 0. The Kier molecular flexibility index (Phi) is 2.09. The molecule has 0 amide bonds. The maximum absolute atomic E-state index is 9.25. The molecule has 1 unspecified atom stereocenters. The molecule has 1 fully saturated rings. The van der Waals surface area contributed by atoms with Gasteiger partial charge in [0.1, 0.15) is 6.23 Å². The Balaban J connectivity index is 2.10. The molecule has 0 spiro atoms. The van der Waals surface area contributed by atoms with Crippen molar-refractivity contribution in [2.45, 2.75) is 39.0 Å². The van der Waals surface area contributed by atoms with Gasteiger partial charge in [0.25, 0.3) is 0 Å². The highest BCUT2D eigenvalue weighted by Crippen LogP contribution is 2.31. The second kappa shape index (κ2) is 2.67. The molecule has 1 rings (SSSR count). The van der Waals surface area contributed by atoms with Crippen LogP contribution < -0.4 is 5.32 Å². The molecule has 1 saturated carbocycles. The molecule has 1 aliphatic carbocycles. The summed E-state index contributed by atoms with van der Waals surface area (Å²) in [4.78, 5) is 0. The van der Waals surface area contributed by atoms with Crippen LogP contribution in [-0.4, -0.2) is 17.4 Å². The maximum Gasteiger partial charge on any atom is 0.107 e. The lowest BCUT2D eigenvalue weighted by molar-refractivity contribution is 0.105. The molecular weight excluding hydrogens is 114 g/mol. The van der Waals surface area contributed by atoms with Crippen LogP contribution in [0.3, 0.4) is 0 Å². The minimum atomic E-state index is -0.245. The second-order valence-electron chi connectivity index (χ2n) is 3.10. The molecule has 0 saturated heterocycles. The van der Waals surface area contributed by atoms with Gasteiger partial charge in [-0.1, -0.05) is 0 Å². The van der Waals surface area contributed by atoms with Gasteiger partial charge in [-0.3, -0.25) is 5.32 Å². The molecule has 1 aliphatic rings. The first-order valence-corrected chi connectivity index (χ1v) is 3.64. The zero-order chi connectivity index (χ0) is 6.85. The largest absolute Gasteiger partial charge is 0.378 e. The summed E-state index contributed by atoms with van der Waals surface area (Å²) < 4.78 is 0. The molecular formula is C7H15NO. The van der Waals surface area contributed by atoms with Crippen molar-refractivity contribution < 1.29 is 5.11 Å². The Morgan fingerprint density at radius 2 is 2.00 bits per heavy atom. The lowest BCUT2D eigenvalue weighted by atomic mass is 10.3. The van der Waals surface area contributed by atoms with Crippen LogP contribution in [0.15, 0.2) is 0 Å². The minimum Gasteiger partial charge on any atom is -0.378 e. The molecule has 2 N–H and O–H groups in total. The van der Waals surface area contributed by atoms with Crippen molar-refractivity contribution in [2.24, 2.45) is 5.92 Å². The summed E-state index contributed by atoms with van der Waals surface area (Å²) in [6, 6.07) is 0.403. The van der Waals surface area contributed by atoms with E-state index >= 15 is 0 Å². The lowest BCUT2D eigenvalue weighted by Crippen LogP contribution is -2.35. The molecule has 2 heteroatoms. The van der Waals surface area contributed by atoms with Crippen molar-refractivity contribution in [3.05, 3.63) is 0 Å². The summed E-state index contributed by atoms with van der Waals surface area (Å²) in [5.74, 6) is 0.549. The van der Waals surface area contributed by atoms with E-state index in [1.165, 1.54) is 12.8 Å². The van der Waals surface area contributed by atoms with Gasteiger partial charge < -0.3 is 5.11 Å². The van der Waals surface area contributed by atoms with Gasteiger partial charge in [-0.25, -0.2) is 0 Å². The first kappa shape index (κ1) is 7.03. The quantitative estimate of drug-likeness (QED) is 0.550. The number of hydrogen-bond acceptors (Lipinski definition) is 2. The summed E-state index contributed by atoms with van der Waals surface area (Å²) >= 11 is 0. The van der Waals surface area contributed by atoms with Crippen LogP contribution in [0.1, 0.15) is 26.7 Å². The Bertz CT molecular complexity index is 88.9. The van der Waals surface area contributed by atoms with E-state index in [4.69, 9.17) is 0 Å². The van der Waals surface area contributed by atoms with E-state index in [0.29, 0.717) is 12.0 Å². The smallest absolute Gasteiger partial charge is 0.107 e. The molecule has 0 aromatic heterocycles. The van der Waals surface area contributed by atoms with E-state index in [1.54, 1.807) is 0 Å². The van der Waals surface area contributed by atoms with Crippen LogP contribution in [0.2, 0.25) is 0 Å². The van der Waals surface area contributed by atoms with E-state index in [0.717, 1.165) is 0 Å². The third-order valence-electron chi connectivity index (χ3n) is 1.57. The van der Waals surface area contributed by atoms with E-state index in [2.05, 4.69) is 5.32 Å². The number of rotatable bonds is 3. The van der Waals surface area contributed by atoms with Crippen LogP contribution in [-0.2, 0) is 0 Å². The Labute approximate surface area is 56.3 Å². The minimum absolute atomic E-state index is 0.245. The van der Waals surface area contributed by atoms with E-state index in [9.17, 15) is 5.11 Å². The van der Waals surface area contributed by atoms with Gasteiger partial charge in [-0.05, 0) is 32.6 Å². The SMILES string of the molecule is CC(C)NC(O)C1CC1. The van der Waals surface area contributed by atoms with Crippen molar-refractivity contribution in [3.63, 3.8) is 0 Å². The Morgan fingerprint density at radius 1 is 1.44 bits per heavy atom. The van der Waals surface area contributed by atoms with Gasteiger partial charge >= 0.3 is 0 Å². The standard InChI is InChI=1S/C7H15NO/c1-5(2)8-7(9)6-3-4-6/h5-9H,3-4H2,1-2H3. The third-order valence-corrected chi connectivity index (χ3v) is 1.57. The van der Waals surface area contributed by atoms with Crippen LogP contribution in [0.4, 0.5) is 0 Å². The molecule has 0 radical (unpaired) electrons. The van der Waals surface area contributed by atoms with Crippen molar-refractivity contribution in [2.75, 3.05) is 0 Å². The van der Waals surface area contributed by atoms with E-state index < -0.39 is 0 Å². The Morgan fingerprint density at radius 3 is 2.33 bits per heavy atom. The van der Waals surface area contributed by atoms with E-state index in [1.807, 2.05) is 13.8 Å². The predicted octanol–water partition coefficient (Wildman–Crippen LogP) is 0.713. The van der Waals surface area contributed by atoms with Gasteiger partial charge in [0.2, 0.25) is 0 Å². The summed E-state index contributed by atoms with van der Waals surface area (Å²) in [6.45, 7) is 4.09. The zero-order valence-electron chi connectivity index (χ0n) is 6.09. The summed E-state index contributed by atoms with van der Waals surface area (Å²) in [5, 5.41) is 12.3. The zero-order valence-corrected chi connectivity index (χ0v) is 6.09. The highest BCUT2D eigenvalue weighted by molar-refractivity contribution is 4.79. The molecule has 0 bridgehead atoms. The normalized spacial score (nSPS) is 22.7. The second-order valence-corrected chi connectivity index (χ2v) is 3.10. The molecule has 0 aromatic carbocycles. The fourth-order valence-electron chi connectivity index (χ4n) is 0.890. The van der Waals surface area contributed by atoms with Gasteiger partial charge in [-0.15, -0.1) is 0 Å². The van der Waals surface area contributed by atoms with E-state index in [-0.39, 0.29) is 6.23 Å². The summed E-state index contributed by atoms with van der Waals surface area (Å²) in [7, 11) is 0. The summed E-state index contributed by atoms with van der Waals surface area (Å²) in [6.07, 6.45) is 2.15. The van der Waals surface area contributed by atoms with Gasteiger partial charge in [-0.2, -0.15) is 0 Å². The van der Waals surface area contributed by atoms with Gasteiger partial charge in [0.05, 0.1) is 0 Å². The molecule has 0 aromatic rings. The number of aliphatic hydroxyl groups excluding tert-OH is 1. The van der Waals surface area contributed by atoms with Crippen molar-refractivity contribution in [3.8, 4) is 0 Å². The topological polar surface area (TPSA) is 32.3 Å². The maximum atomic E-state index is 9.25. The molecule has 0 aliphatic heterocycles. The highest BCUT2D eigenvalue weighted by Gasteiger charge is 2.29. The first-order chi connectivity index (χ1) is 4.20. The third kappa shape index (κ3) is 2.33. The number of nitrogens with one attached hydrogen (secondary N) is 1. The van der Waals surface area contributed by atoms with Gasteiger partial charge in [0.15, 0.2) is 0 Å².